The zero-order valence-electron chi connectivity index (χ0n) is 12.7. The van der Waals surface area contributed by atoms with Crippen molar-refractivity contribution in [3.63, 3.8) is 0 Å². The smallest absolute Gasteiger partial charge is 0.123 e. The van der Waals surface area contributed by atoms with E-state index < -0.39 is 0 Å². The first kappa shape index (κ1) is 13.9. The summed E-state index contributed by atoms with van der Waals surface area (Å²) in [6.07, 6.45) is 5.09. The lowest BCUT2D eigenvalue weighted by Gasteiger charge is -2.11. The van der Waals surface area contributed by atoms with Crippen LogP contribution in [-0.2, 0) is 26.6 Å². The largest absolute Gasteiger partial charge is 0.496 e. The fourth-order valence-electron chi connectivity index (χ4n) is 2.71. The number of fused-ring (bicyclic) bond motifs is 1. The minimum Gasteiger partial charge on any atom is -0.496 e. The molecule has 1 N–H and O–H groups in total. The monoisotopic (exact) mass is 287 g/mol. The summed E-state index contributed by atoms with van der Waals surface area (Å²) in [5.74, 6) is 1.91. The van der Waals surface area contributed by atoms with E-state index >= 15 is 0 Å². The molecule has 0 saturated carbocycles. The van der Waals surface area contributed by atoms with Crippen LogP contribution in [0.4, 0.5) is 0 Å². The summed E-state index contributed by atoms with van der Waals surface area (Å²) in [6, 6.07) is 4.19. The normalized spacial score (nSPS) is 16.6. The Bertz CT molecular complexity index is 636. The van der Waals surface area contributed by atoms with Gasteiger partial charge in [-0.25, -0.2) is 0 Å². The molecule has 0 amide bonds. The molecule has 5 heteroatoms. The molecule has 1 aromatic heterocycles. The molecule has 2 heterocycles. The third kappa shape index (κ3) is 3.03. The first-order chi connectivity index (χ1) is 10.2. The molecule has 3 rings (SSSR count). The Morgan fingerprint density at radius 2 is 2.29 bits per heavy atom. The highest BCUT2D eigenvalue weighted by atomic mass is 16.5. The number of nitrogens with one attached hydrogen (secondary N) is 1. The second-order valence-electron chi connectivity index (χ2n) is 5.53. The zero-order valence-corrected chi connectivity index (χ0v) is 12.7. The minimum absolute atomic E-state index is 0.253. The molecule has 5 nitrogen and oxygen atoms in total. The molecular formula is C16H21N3O2. The number of nitrogens with zero attached hydrogens (tertiary/aromatic N) is 2. The summed E-state index contributed by atoms with van der Waals surface area (Å²) in [5, 5.41) is 7.58. The molecule has 112 valence electrons. The van der Waals surface area contributed by atoms with E-state index in [9.17, 15) is 0 Å². The average molecular weight is 287 g/mol. The summed E-state index contributed by atoms with van der Waals surface area (Å²) < 4.78 is 13.1. The SMILES string of the molecule is COc1cc2c(cc1CNCc1cnn(C)c1)OC(C)C2. The van der Waals surface area contributed by atoms with Gasteiger partial charge in [-0.3, -0.25) is 4.68 Å². The molecule has 21 heavy (non-hydrogen) atoms. The van der Waals surface area contributed by atoms with Crippen molar-refractivity contribution in [2.24, 2.45) is 7.05 Å². The van der Waals surface area contributed by atoms with Gasteiger partial charge in [0.15, 0.2) is 0 Å². The summed E-state index contributed by atoms with van der Waals surface area (Å²) in [5.41, 5.74) is 3.52. The lowest BCUT2D eigenvalue weighted by molar-refractivity contribution is 0.254. The third-order valence-corrected chi connectivity index (χ3v) is 3.70. The Kier molecular flexibility index (Phi) is 3.84. The van der Waals surface area contributed by atoms with Crippen LogP contribution in [0.1, 0.15) is 23.6 Å². The van der Waals surface area contributed by atoms with Crippen LogP contribution >= 0.6 is 0 Å². The van der Waals surface area contributed by atoms with E-state index in [1.165, 1.54) is 11.1 Å². The molecular weight excluding hydrogens is 266 g/mol. The Balaban J connectivity index is 1.68. The van der Waals surface area contributed by atoms with Gasteiger partial charge in [0.25, 0.3) is 0 Å². The van der Waals surface area contributed by atoms with E-state index in [-0.39, 0.29) is 6.10 Å². The first-order valence-corrected chi connectivity index (χ1v) is 7.20. The van der Waals surface area contributed by atoms with Gasteiger partial charge < -0.3 is 14.8 Å². The molecule has 0 fully saturated rings. The third-order valence-electron chi connectivity index (χ3n) is 3.70. The maximum Gasteiger partial charge on any atom is 0.123 e. The van der Waals surface area contributed by atoms with Crippen molar-refractivity contribution in [3.05, 3.63) is 41.2 Å². The van der Waals surface area contributed by atoms with Gasteiger partial charge in [0, 0.05) is 49.4 Å². The van der Waals surface area contributed by atoms with Gasteiger partial charge in [-0.05, 0) is 19.1 Å². The van der Waals surface area contributed by atoms with E-state index in [1.807, 2.05) is 24.1 Å². The number of hydrogen-bond donors (Lipinski definition) is 1. The average Bonchev–Trinajstić information content (AvgIpc) is 3.02. The molecule has 1 aromatic carbocycles. The van der Waals surface area contributed by atoms with Crippen LogP contribution in [-0.4, -0.2) is 23.0 Å². The summed E-state index contributed by atoms with van der Waals surface area (Å²) in [7, 11) is 3.64. The lowest BCUT2D eigenvalue weighted by atomic mass is 10.1. The summed E-state index contributed by atoms with van der Waals surface area (Å²) >= 11 is 0. The van der Waals surface area contributed by atoms with Gasteiger partial charge in [-0.2, -0.15) is 5.10 Å². The maximum absolute atomic E-state index is 5.82. The van der Waals surface area contributed by atoms with Gasteiger partial charge in [-0.1, -0.05) is 0 Å². The Labute approximate surface area is 124 Å². The van der Waals surface area contributed by atoms with Gasteiger partial charge in [0.2, 0.25) is 0 Å². The van der Waals surface area contributed by atoms with E-state index in [0.29, 0.717) is 0 Å². The molecule has 0 bridgehead atoms. The molecule has 0 saturated heterocycles. The van der Waals surface area contributed by atoms with Gasteiger partial charge in [0.1, 0.15) is 17.6 Å². The Hall–Kier alpha value is -2.01. The van der Waals surface area contributed by atoms with Crippen molar-refractivity contribution in [3.8, 4) is 11.5 Å². The van der Waals surface area contributed by atoms with Crippen LogP contribution < -0.4 is 14.8 Å². The fourth-order valence-corrected chi connectivity index (χ4v) is 2.71. The predicted octanol–water partition coefficient (Wildman–Crippen LogP) is 2.04. The molecule has 0 radical (unpaired) electrons. The number of rotatable bonds is 5. The van der Waals surface area contributed by atoms with Crippen molar-refractivity contribution in [1.29, 1.82) is 0 Å². The zero-order chi connectivity index (χ0) is 14.8. The highest BCUT2D eigenvalue weighted by molar-refractivity contribution is 5.48. The van der Waals surface area contributed by atoms with Gasteiger partial charge >= 0.3 is 0 Å². The van der Waals surface area contributed by atoms with Crippen molar-refractivity contribution in [2.45, 2.75) is 32.5 Å². The van der Waals surface area contributed by atoms with Crippen LogP contribution in [0, 0.1) is 0 Å². The Morgan fingerprint density at radius 3 is 3.00 bits per heavy atom. The van der Waals surface area contributed by atoms with Crippen molar-refractivity contribution in [2.75, 3.05) is 7.11 Å². The van der Waals surface area contributed by atoms with Crippen molar-refractivity contribution in [1.82, 2.24) is 15.1 Å². The number of benzene rings is 1. The first-order valence-electron chi connectivity index (χ1n) is 7.20. The van der Waals surface area contributed by atoms with E-state index in [2.05, 4.69) is 29.5 Å². The highest BCUT2D eigenvalue weighted by Crippen LogP contribution is 2.34. The molecule has 2 aromatic rings. The van der Waals surface area contributed by atoms with Crippen molar-refractivity contribution >= 4 is 0 Å². The second-order valence-corrected chi connectivity index (χ2v) is 5.53. The van der Waals surface area contributed by atoms with Crippen LogP contribution in [0.25, 0.3) is 0 Å². The van der Waals surface area contributed by atoms with Crippen LogP contribution in [0.15, 0.2) is 24.5 Å². The predicted molar refractivity (Wildman–Crippen MR) is 80.5 cm³/mol. The van der Waals surface area contributed by atoms with Crippen LogP contribution in [0.5, 0.6) is 11.5 Å². The maximum atomic E-state index is 5.82. The van der Waals surface area contributed by atoms with Crippen molar-refractivity contribution < 1.29 is 9.47 Å². The van der Waals surface area contributed by atoms with Gasteiger partial charge in [0.05, 0.1) is 13.3 Å². The molecule has 1 aliphatic rings. The number of ether oxygens (including phenoxy) is 2. The summed E-state index contributed by atoms with van der Waals surface area (Å²) in [4.78, 5) is 0. The number of aryl methyl sites for hydroxylation is 1. The molecule has 1 atom stereocenters. The number of methoxy groups -OCH3 is 1. The van der Waals surface area contributed by atoms with Gasteiger partial charge in [-0.15, -0.1) is 0 Å². The highest BCUT2D eigenvalue weighted by Gasteiger charge is 2.21. The van der Waals surface area contributed by atoms with Crippen LogP contribution in [0.2, 0.25) is 0 Å². The molecule has 1 aliphatic heterocycles. The number of hydrogen-bond acceptors (Lipinski definition) is 4. The van der Waals surface area contributed by atoms with E-state index in [1.54, 1.807) is 7.11 Å². The quantitative estimate of drug-likeness (QED) is 0.914. The Morgan fingerprint density at radius 1 is 1.43 bits per heavy atom. The fraction of sp³-hybridized carbons (Fsp3) is 0.438. The van der Waals surface area contributed by atoms with Crippen LogP contribution in [0.3, 0.4) is 0 Å². The molecule has 1 unspecified atom stereocenters. The minimum atomic E-state index is 0.253. The lowest BCUT2D eigenvalue weighted by Crippen LogP contribution is -2.13. The topological polar surface area (TPSA) is 48.3 Å². The summed E-state index contributed by atoms with van der Waals surface area (Å²) in [6.45, 7) is 3.61. The molecule has 0 aliphatic carbocycles. The number of aromatic nitrogens is 2. The molecule has 0 spiro atoms. The second kappa shape index (κ2) is 5.77. The van der Waals surface area contributed by atoms with E-state index in [4.69, 9.17) is 9.47 Å². The van der Waals surface area contributed by atoms with E-state index in [0.717, 1.165) is 36.6 Å². The standard InChI is InChI=1S/C16H21N3O2/c1-11-4-13-5-15(20-3)14(6-16(13)21-11)9-17-7-12-8-18-19(2)10-12/h5-6,8,10-11,17H,4,7,9H2,1-3H3.